The fourth-order valence-electron chi connectivity index (χ4n) is 1.09. The number of aromatic amines is 1. The maximum Gasteiger partial charge on any atom is 0.273 e. The fraction of sp³-hybridized carbons (Fsp3) is 0. The van der Waals surface area contributed by atoms with Crippen LogP contribution in [0.4, 0.5) is 5.82 Å². The van der Waals surface area contributed by atoms with E-state index < -0.39 is 5.91 Å². The predicted molar refractivity (Wildman–Crippen MR) is 65.8 cm³/mol. The topological polar surface area (TPSA) is 70.7 Å². The summed E-state index contributed by atoms with van der Waals surface area (Å²) < 4.78 is 0. The lowest BCUT2D eigenvalue weighted by Gasteiger charge is -2.01. The first-order valence-electron chi connectivity index (χ1n) is 4.41. The highest BCUT2D eigenvalue weighted by Gasteiger charge is 2.12. The van der Waals surface area contributed by atoms with Crippen LogP contribution in [-0.2, 0) is 0 Å². The Hall–Kier alpha value is -1.30. The number of aromatic nitrogens is 3. The number of carbonyl (C=O) groups is 1. The van der Waals surface area contributed by atoms with E-state index in [-0.39, 0.29) is 26.8 Å². The van der Waals surface area contributed by atoms with Gasteiger partial charge in [0.05, 0.1) is 5.02 Å². The Morgan fingerprint density at radius 2 is 2.00 bits per heavy atom. The number of hydrogen-bond acceptors (Lipinski definition) is 3. The van der Waals surface area contributed by atoms with Gasteiger partial charge in [-0.25, -0.2) is 0 Å². The number of hydrogen-bond donors (Lipinski definition) is 2. The maximum absolute atomic E-state index is 11.7. The molecule has 2 N–H and O–H groups in total. The lowest BCUT2D eigenvalue weighted by molar-refractivity contribution is 0.102. The van der Waals surface area contributed by atoms with E-state index in [1.807, 2.05) is 0 Å². The lowest BCUT2D eigenvalue weighted by atomic mass is 10.4. The molecule has 2 aromatic heterocycles. The van der Waals surface area contributed by atoms with Crippen LogP contribution in [0.5, 0.6) is 0 Å². The molecule has 0 atom stereocenters. The molecule has 5 nitrogen and oxygen atoms in total. The molecule has 0 spiro atoms. The minimum absolute atomic E-state index is 0.207. The first kappa shape index (κ1) is 12.2. The third-order valence-electron chi connectivity index (χ3n) is 1.84. The van der Waals surface area contributed by atoms with Gasteiger partial charge < -0.3 is 10.3 Å². The molecule has 0 saturated carbocycles. The van der Waals surface area contributed by atoms with E-state index in [9.17, 15) is 4.79 Å². The molecular formula is C9H5Cl3N4O. The monoisotopic (exact) mass is 290 g/mol. The number of H-pyrrole nitrogens is 1. The van der Waals surface area contributed by atoms with Gasteiger partial charge >= 0.3 is 0 Å². The van der Waals surface area contributed by atoms with E-state index in [0.29, 0.717) is 0 Å². The molecule has 1 amide bonds. The quantitative estimate of drug-likeness (QED) is 0.893. The second-order valence-electron chi connectivity index (χ2n) is 3.04. The average Bonchev–Trinajstić information content (AvgIpc) is 2.63. The van der Waals surface area contributed by atoms with Crippen LogP contribution < -0.4 is 5.32 Å². The first-order valence-corrected chi connectivity index (χ1v) is 5.54. The summed E-state index contributed by atoms with van der Waals surface area (Å²) in [5.41, 5.74) is 0.233. The minimum Gasteiger partial charge on any atom is -0.340 e. The molecule has 0 aliphatic heterocycles. The third kappa shape index (κ3) is 2.88. The fourth-order valence-corrected chi connectivity index (χ4v) is 1.51. The molecule has 0 aliphatic carbocycles. The molecule has 2 heterocycles. The summed E-state index contributed by atoms with van der Waals surface area (Å²) in [6.07, 6.45) is 0. The standard InChI is InChI=1S/C9H5Cl3N4O/c10-4-3-5(13-8(4)12)9(17)14-7-2-1-6(11)15-16-7/h1-3,13H,(H,14,16,17). The summed E-state index contributed by atoms with van der Waals surface area (Å²) in [5, 5.41) is 10.5. The number of nitrogens with zero attached hydrogens (tertiary/aromatic N) is 2. The second-order valence-corrected chi connectivity index (χ2v) is 4.21. The Labute approximate surface area is 111 Å². The van der Waals surface area contributed by atoms with Crippen molar-refractivity contribution in [2.75, 3.05) is 5.32 Å². The molecule has 0 aromatic carbocycles. The Morgan fingerprint density at radius 3 is 2.53 bits per heavy atom. The summed E-state index contributed by atoms with van der Waals surface area (Å²) in [6.45, 7) is 0. The van der Waals surface area contributed by atoms with E-state index >= 15 is 0 Å². The van der Waals surface area contributed by atoms with Crippen LogP contribution >= 0.6 is 34.8 Å². The van der Waals surface area contributed by atoms with E-state index in [4.69, 9.17) is 34.8 Å². The van der Waals surface area contributed by atoms with Gasteiger partial charge in [-0.05, 0) is 18.2 Å². The van der Waals surface area contributed by atoms with Crippen LogP contribution in [-0.4, -0.2) is 21.1 Å². The molecule has 0 fully saturated rings. The van der Waals surface area contributed by atoms with Gasteiger partial charge in [0.15, 0.2) is 11.0 Å². The molecule has 88 valence electrons. The van der Waals surface area contributed by atoms with Gasteiger partial charge in [-0.15, -0.1) is 10.2 Å². The van der Waals surface area contributed by atoms with E-state index in [2.05, 4.69) is 20.5 Å². The number of halogens is 3. The molecule has 0 aliphatic rings. The molecule has 2 aromatic rings. The molecule has 0 bridgehead atoms. The summed E-state index contributed by atoms with van der Waals surface area (Å²) >= 11 is 17.0. The summed E-state index contributed by atoms with van der Waals surface area (Å²) in [6, 6.07) is 4.46. The Morgan fingerprint density at radius 1 is 1.24 bits per heavy atom. The van der Waals surface area contributed by atoms with Crippen molar-refractivity contribution >= 4 is 46.5 Å². The zero-order valence-corrected chi connectivity index (χ0v) is 10.4. The van der Waals surface area contributed by atoms with Gasteiger partial charge in [0.25, 0.3) is 5.91 Å². The maximum atomic E-state index is 11.7. The Bertz CT molecular complexity index is 532. The zero-order chi connectivity index (χ0) is 12.4. The van der Waals surface area contributed by atoms with Gasteiger partial charge in [-0.1, -0.05) is 34.8 Å². The minimum atomic E-state index is -0.421. The van der Waals surface area contributed by atoms with Gasteiger partial charge in [0.1, 0.15) is 10.8 Å². The van der Waals surface area contributed by atoms with Crippen molar-refractivity contribution in [2.24, 2.45) is 0 Å². The summed E-state index contributed by atoms with van der Waals surface area (Å²) in [5.74, 6) is -0.142. The van der Waals surface area contributed by atoms with Crippen molar-refractivity contribution in [1.29, 1.82) is 0 Å². The van der Waals surface area contributed by atoms with Crippen LogP contribution in [0.2, 0.25) is 15.3 Å². The lowest BCUT2D eigenvalue weighted by Crippen LogP contribution is -2.13. The second kappa shape index (κ2) is 4.91. The highest BCUT2D eigenvalue weighted by Crippen LogP contribution is 2.22. The van der Waals surface area contributed by atoms with Crippen LogP contribution in [0.15, 0.2) is 18.2 Å². The zero-order valence-electron chi connectivity index (χ0n) is 8.17. The van der Waals surface area contributed by atoms with Crippen LogP contribution in [0, 0.1) is 0 Å². The highest BCUT2D eigenvalue weighted by atomic mass is 35.5. The summed E-state index contributed by atoms with van der Waals surface area (Å²) in [4.78, 5) is 14.3. The van der Waals surface area contributed by atoms with Crippen LogP contribution in [0.1, 0.15) is 10.5 Å². The first-order chi connectivity index (χ1) is 8.06. The molecule has 2 rings (SSSR count). The van der Waals surface area contributed by atoms with Gasteiger partial charge in [-0.3, -0.25) is 4.79 Å². The van der Waals surface area contributed by atoms with Gasteiger partial charge in [0, 0.05) is 0 Å². The Kier molecular flexibility index (Phi) is 3.51. The molecule has 8 heteroatoms. The van der Waals surface area contributed by atoms with E-state index in [1.54, 1.807) is 0 Å². The largest absolute Gasteiger partial charge is 0.340 e. The number of anilines is 1. The molecule has 0 radical (unpaired) electrons. The van der Waals surface area contributed by atoms with E-state index in [1.165, 1.54) is 18.2 Å². The number of carbonyl (C=O) groups excluding carboxylic acids is 1. The van der Waals surface area contributed by atoms with Crippen molar-refractivity contribution in [3.63, 3.8) is 0 Å². The van der Waals surface area contributed by atoms with Gasteiger partial charge in [-0.2, -0.15) is 0 Å². The van der Waals surface area contributed by atoms with Crippen LogP contribution in [0.3, 0.4) is 0 Å². The number of nitrogens with one attached hydrogen (secondary N) is 2. The molecule has 17 heavy (non-hydrogen) atoms. The van der Waals surface area contributed by atoms with Crippen molar-refractivity contribution in [3.05, 3.63) is 39.2 Å². The Balaban J connectivity index is 2.14. The molecule has 0 unspecified atom stereocenters. The predicted octanol–water partition coefficient (Wildman–Crippen LogP) is 3.02. The van der Waals surface area contributed by atoms with Crippen molar-refractivity contribution in [2.45, 2.75) is 0 Å². The van der Waals surface area contributed by atoms with Crippen molar-refractivity contribution in [3.8, 4) is 0 Å². The number of amides is 1. The van der Waals surface area contributed by atoms with Crippen LogP contribution in [0.25, 0.3) is 0 Å². The normalized spacial score (nSPS) is 10.3. The average molecular weight is 292 g/mol. The summed E-state index contributed by atoms with van der Waals surface area (Å²) in [7, 11) is 0. The smallest absolute Gasteiger partial charge is 0.273 e. The highest BCUT2D eigenvalue weighted by molar-refractivity contribution is 6.41. The molecular weight excluding hydrogens is 286 g/mol. The molecule has 0 saturated heterocycles. The van der Waals surface area contributed by atoms with Crippen molar-refractivity contribution < 1.29 is 4.79 Å². The third-order valence-corrected chi connectivity index (χ3v) is 2.74. The van der Waals surface area contributed by atoms with E-state index in [0.717, 1.165) is 0 Å². The van der Waals surface area contributed by atoms with Gasteiger partial charge in [0.2, 0.25) is 0 Å². The number of rotatable bonds is 2. The van der Waals surface area contributed by atoms with Crippen molar-refractivity contribution in [1.82, 2.24) is 15.2 Å². The SMILES string of the molecule is O=C(Nc1ccc(Cl)nn1)c1cc(Cl)c(Cl)[nH]1.